The molecule has 650 valence electrons. The highest BCUT2D eigenvalue weighted by atomic mass is 32.1. The Morgan fingerprint density at radius 3 is 0.891 bits per heavy atom. The molecule has 9 heterocycles. The van der Waals surface area contributed by atoms with E-state index in [9.17, 15) is 20.1 Å². The highest BCUT2D eigenvalue weighted by Crippen LogP contribution is 2.55. The molecule has 0 saturated heterocycles. The van der Waals surface area contributed by atoms with Gasteiger partial charge >= 0.3 is 0 Å². The maximum absolute atomic E-state index is 13.7. The molecule has 1 aliphatic heterocycles. The molecule has 15 heteroatoms. The summed E-state index contributed by atoms with van der Waals surface area (Å²) in [4.78, 5) is 49.1. The van der Waals surface area contributed by atoms with Gasteiger partial charge in [0.05, 0.1) is 0 Å². The van der Waals surface area contributed by atoms with Crippen LogP contribution in [0.1, 0.15) is 360 Å². The highest BCUT2D eigenvalue weighted by Gasteiger charge is 2.50. The second kappa shape index (κ2) is 52.2. The molecule has 9 rings (SSSR count). The zero-order valence-electron chi connectivity index (χ0n) is 76.0. The smallest absolute Gasteiger partial charge is 0.261 e. The number of carbonyl (C=O) groups excluding carboxylic acids is 2. The zero-order chi connectivity index (χ0) is 85.1. The van der Waals surface area contributed by atoms with Crippen LogP contribution >= 0.6 is 90.7 Å². The molecular formula is C104H150N4O2S8Si. The Kier molecular flexibility index (Phi) is 43.0. The molecule has 6 nitrogen and oxygen atoms in total. The Hall–Kier alpha value is -4.78. The van der Waals surface area contributed by atoms with E-state index >= 15 is 0 Å². The monoisotopic (exact) mass is 1770 g/mol. The Balaban J connectivity index is 1.17. The third-order valence-corrected chi connectivity index (χ3v) is 42.2. The van der Waals surface area contributed by atoms with E-state index < -0.39 is 8.07 Å². The van der Waals surface area contributed by atoms with Gasteiger partial charge in [-0.2, -0.15) is 10.5 Å². The van der Waals surface area contributed by atoms with Crippen LogP contribution in [0.15, 0.2) is 71.8 Å². The van der Waals surface area contributed by atoms with Crippen molar-refractivity contribution in [3.63, 3.8) is 0 Å². The Bertz CT molecular complexity index is 4220. The molecular weight excluding hydrogens is 1620 g/mol. The van der Waals surface area contributed by atoms with Crippen molar-refractivity contribution < 1.29 is 9.59 Å². The minimum atomic E-state index is -2.44. The SMILES string of the molecule is CCCCCCCCNC(=O)/C(C#N)=C/c1cc(CC(CC)CCCC)c(-c2ccc(-c3sc(-c4cc5c(s4)-c4sc(-c6cc(CC(CC)CCCC)c(-c7ccc(-c8sc(/C=C(\C#N)C(=O)NCCCCCCCC)cc8CC(CC)CCCC)s7)s6)cc4[Si]5(CC(CC)CCCC)CC(CC)CCCC)cc3CC(CC)CCCC)s2)s1. The Labute approximate surface area is 755 Å². The second-order valence-electron chi connectivity index (χ2n) is 35.2. The molecule has 8 aromatic heterocycles. The normalized spacial score (nSPS) is 15.1. The van der Waals surface area contributed by atoms with Gasteiger partial charge in [0.1, 0.15) is 31.4 Å². The van der Waals surface area contributed by atoms with Crippen LogP contribution in [0, 0.1) is 58.2 Å². The van der Waals surface area contributed by atoms with Crippen LogP contribution in [0.25, 0.3) is 80.4 Å². The van der Waals surface area contributed by atoms with E-state index in [0.29, 0.717) is 48.6 Å². The van der Waals surface area contributed by atoms with Crippen molar-refractivity contribution in [3.8, 4) is 80.4 Å². The van der Waals surface area contributed by atoms with E-state index in [1.807, 2.05) is 34.8 Å². The first-order valence-corrected chi connectivity index (χ1v) is 56.8. The van der Waals surface area contributed by atoms with Crippen LogP contribution in [-0.2, 0) is 35.3 Å². The number of hydrogen-bond acceptors (Lipinski definition) is 12. The predicted octanol–water partition coefficient (Wildman–Crippen LogP) is 34.0. The van der Waals surface area contributed by atoms with Crippen LogP contribution in [0.2, 0.25) is 12.1 Å². The van der Waals surface area contributed by atoms with Crippen LogP contribution in [0.5, 0.6) is 0 Å². The first kappa shape index (κ1) is 98.0. The minimum Gasteiger partial charge on any atom is -0.351 e. The molecule has 2 amide bonds. The van der Waals surface area contributed by atoms with Crippen molar-refractivity contribution in [1.82, 2.24) is 10.6 Å². The maximum atomic E-state index is 13.7. The molecule has 6 unspecified atom stereocenters. The van der Waals surface area contributed by atoms with Gasteiger partial charge in [0.15, 0.2) is 0 Å². The zero-order valence-corrected chi connectivity index (χ0v) is 83.5. The molecule has 0 bridgehead atoms. The number of nitriles is 2. The summed E-state index contributed by atoms with van der Waals surface area (Å²) in [6.07, 6.45) is 51.1. The first-order chi connectivity index (χ1) is 58.1. The number of thiophene rings is 8. The van der Waals surface area contributed by atoms with Crippen LogP contribution in [0.3, 0.4) is 0 Å². The number of nitrogens with one attached hydrogen (secondary N) is 2. The van der Waals surface area contributed by atoms with Gasteiger partial charge in [-0.25, -0.2) is 0 Å². The molecule has 0 spiro atoms. The lowest BCUT2D eigenvalue weighted by atomic mass is 9.91. The summed E-state index contributed by atoms with van der Waals surface area (Å²) in [7, 11) is -2.44. The van der Waals surface area contributed by atoms with Gasteiger partial charge in [0, 0.05) is 91.1 Å². The fourth-order valence-electron chi connectivity index (χ4n) is 18.4. The van der Waals surface area contributed by atoms with Crippen molar-refractivity contribution in [3.05, 3.63) is 104 Å². The van der Waals surface area contributed by atoms with Gasteiger partial charge in [-0.1, -0.05) is 315 Å². The van der Waals surface area contributed by atoms with Crippen LogP contribution in [0.4, 0.5) is 0 Å². The molecule has 1 aliphatic rings. The second-order valence-corrected chi connectivity index (χ2v) is 47.8. The van der Waals surface area contributed by atoms with Gasteiger partial charge in [0.25, 0.3) is 11.8 Å². The van der Waals surface area contributed by atoms with Crippen molar-refractivity contribution in [2.24, 2.45) is 35.5 Å². The number of fused-ring (bicyclic) bond motifs is 3. The van der Waals surface area contributed by atoms with E-state index in [0.717, 1.165) is 74.0 Å². The first-order valence-electron chi connectivity index (χ1n) is 47.9. The van der Waals surface area contributed by atoms with Gasteiger partial charge in [-0.15, -0.1) is 90.7 Å². The summed E-state index contributed by atoms with van der Waals surface area (Å²) >= 11 is 15.9. The number of rotatable bonds is 60. The molecule has 0 aliphatic carbocycles. The fraction of sp³-hybridized carbons (Fsp3) is 0.615. The van der Waals surface area contributed by atoms with Gasteiger partial charge in [0.2, 0.25) is 0 Å². The summed E-state index contributed by atoms with van der Waals surface area (Å²) in [5, 5.41) is 30.8. The largest absolute Gasteiger partial charge is 0.351 e. The van der Waals surface area contributed by atoms with Gasteiger partial charge in [-0.3, -0.25) is 9.59 Å². The average molecular weight is 1770 g/mol. The lowest BCUT2D eigenvalue weighted by Crippen LogP contribution is -2.56. The molecule has 2 N–H and O–H groups in total. The van der Waals surface area contributed by atoms with E-state index in [-0.39, 0.29) is 23.0 Å². The quantitative estimate of drug-likeness (QED) is 0.0171. The van der Waals surface area contributed by atoms with Gasteiger partial charge < -0.3 is 10.6 Å². The van der Waals surface area contributed by atoms with E-state index in [2.05, 4.69) is 226 Å². The summed E-state index contributed by atoms with van der Waals surface area (Å²) in [6.45, 7) is 34.4. The van der Waals surface area contributed by atoms with Crippen molar-refractivity contribution in [2.45, 2.75) is 366 Å². The Morgan fingerprint density at radius 1 is 0.319 bits per heavy atom. The van der Waals surface area contributed by atoms with Crippen molar-refractivity contribution in [2.75, 3.05) is 13.1 Å². The number of nitrogens with zero attached hydrogens (tertiary/aromatic N) is 2. The third kappa shape index (κ3) is 27.6. The molecule has 0 saturated carbocycles. The highest BCUT2D eigenvalue weighted by molar-refractivity contribution is 7.35. The summed E-state index contributed by atoms with van der Waals surface area (Å²) in [5.41, 5.74) is 6.10. The van der Waals surface area contributed by atoms with E-state index in [1.54, 1.807) is 42.8 Å². The standard InChI is InChI=1S/C104H150N4O2S8Si/c1-15-29-37-39-41-43-55-107-103(109)83(69-105)63-85-61-79(57-73(23-9)45-31-17-3)97(111-85)87-51-53-89(113-87)99-81(59-75(25-11)47-33-19-5)65-91(115-99)93-67-95-101(117-93)102-96(119(95,71-77(27-13)49-35-21-7)72-78(28-14)50-36-22-8)68-94(118-102)92-66-82(60-76(26-12)48-34-20-6)100(116-92)90-54-52-88(114-90)98-80(58-74(24-10)46-32-18-4)62-86(112-98)64-84(70-106)104(110)108-56-44-42-40-38-30-16-2/h51-54,61-68,73-78H,15-50,55-60,71-72H2,1-14H3,(H,107,109)(H,108,110)/b83-63+,84-64+. The number of carbonyl (C=O) groups is 2. The lowest BCUT2D eigenvalue weighted by Gasteiger charge is -2.35. The summed E-state index contributed by atoms with van der Waals surface area (Å²) in [5.74, 6) is 3.20. The minimum absolute atomic E-state index is 0.193. The molecule has 0 radical (unpaired) electrons. The molecule has 0 fully saturated rings. The fourth-order valence-corrected chi connectivity index (χ4v) is 36.2. The number of hydrogen-bond donors (Lipinski definition) is 2. The summed E-state index contributed by atoms with van der Waals surface area (Å²) in [6, 6.07) is 32.6. The predicted molar refractivity (Wildman–Crippen MR) is 537 cm³/mol. The third-order valence-electron chi connectivity index (χ3n) is 26.1. The maximum Gasteiger partial charge on any atom is 0.261 e. The molecule has 119 heavy (non-hydrogen) atoms. The van der Waals surface area contributed by atoms with E-state index in [4.69, 9.17) is 0 Å². The average Bonchev–Trinajstić information content (AvgIpc) is 1.54. The molecule has 8 aromatic rings. The van der Waals surface area contributed by atoms with E-state index in [1.165, 1.54) is 285 Å². The van der Waals surface area contributed by atoms with Crippen molar-refractivity contribution in [1.29, 1.82) is 10.5 Å². The lowest BCUT2D eigenvalue weighted by molar-refractivity contribution is -0.117. The van der Waals surface area contributed by atoms with Crippen LogP contribution < -0.4 is 21.0 Å². The van der Waals surface area contributed by atoms with Crippen LogP contribution in [-0.4, -0.2) is 33.0 Å². The topological polar surface area (TPSA) is 106 Å². The van der Waals surface area contributed by atoms with Crippen molar-refractivity contribution >= 4 is 133 Å². The number of unbranched alkanes of at least 4 members (excludes halogenated alkanes) is 16. The summed E-state index contributed by atoms with van der Waals surface area (Å²) < 4.78 is 0. The Morgan fingerprint density at radius 2 is 0.588 bits per heavy atom. The number of amides is 2. The molecule has 0 aromatic carbocycles. The van der Waals surface area contributed by atoms with Gasteiger partial charge in [-0.05, 0) is 192 Å². The molecule has 6 atom stereocenters.